The van der Waals surface area contributed by atoms with E-state index in [1.165, 1.54) is 20.8 Å². The van der Waals surface area contributed by atoms with Gasteiger partial charge in [-0.05, 0) is 13.3 Å². The molecule has 1 aliphatic rings. The highest BCUT2D eigenvalue weighted by Gasteiger charge is 2.55. The molecule has 1 saturated heterocycles. The molecule has 0 spiro atoms. The predicted molar refractivity (Wildman–Crippen MR) is 171 cm³/mol. The second-order valence-corrected chi connectivity index (χ2v) is 16.7. The van der Waals surface area contributed by atoms with Crippen LogP contribution >= 0.6 is 23.5 Å². The molecule has 3 heterocycles. The molecule has 2 aromatic heterocycles. The van der Waals surface area contributed by atoms with Crippen LogP contribution in [0.5, 0.6) is 0 Å². The van der Waals surface area contributed by atoms with Crippen LogP contribution in [0, 0.1) is 5.41 Å². The molecule has 28 heteroatoms. The molecule has 2 aromatic rings. The Bertz CT molecular complexity index is 1790. The molecule has 0 aliphatic carbocycles. The lowest BCUT2D eigenvalue weighted by Gasteiger charge is -2.36. The van der Waals surface area contributed by atoms with Crippen LogP contribution in [0.25, 0.3) is 11.2 Å². The minimum atomic E-state index is -5.94. The SMILES string of the molecule is CC(C)(COP(=O)([O-])OP(=O)([O-])OCC1OC(C)(n2cnc3c(N)ncnc32)C(O)C1OP(=O)([O-])[O-])C(O)C(=O)NCCC(=O)NCCC(=O)CCCO. The Kier molecular flexibility index (Phi) is 15.5. The van der Waals surface area contributed by atoms with Crippen molar-refractivity contribution < 1.29 is 85.6 Å². The van der Waals surface area contributed by atoms with Crippen LogP contribution in [0.1, 0.15) is 46.5 Å². The fraction of sp³-hybridized carbons (Fsp3) is 0.692. The van der Waals surface area contributed by atoms with Gasteiger partial charge in [0.1, 0.15) is 42.0 Å². The van der Waals surface area contributed by atoms with Gasteiger partial charge in [0.2, 0.25) is 11.8 Å². The van der Waals surface area contributed by atoms with Gasteiger partial charge in [-0.1, -0.05) is 13.8 Å². The minimum absolute atomic E-state index is 0.0306. The quantitative estimate of drug-likeness (QED) is 0.0612. The Morgan fingerprint density at radius 1 is 1.06 bits per heavy atom. The number of carbonyl (C=O) groups excluding carboxylic acids is 3. The molecule has 25 nitrogen and oxygen atoms in total. The Morgan fingerprint density at radius 3 is 2.35 bits per heavy atom. The third-order valence-corrected chi connectivity index (χ3v) is 10.9. The Hall–Kier alpha value is -2.83. The number of fused-ring (bicyclic) bond motifs is 1. The van der Waals surface area contributed by atoms with Crippen LogP contribution in [0.4, 0.5) is 5.82 Å². The summed E-state index contributed by atoms with van der Waals surface area (Å²) < 4.78 is 60.9. The molecule has 306 valence electrons. The number of ketones is 1. The van der Waals surface area contributed by atoms with E-state index in [0.717, 1.165) is 17.2 Å². The van der Waals surface area contributed by atoms with Gasteiger partial charge in [0.05, 0.1) is 27.4 Å². The number of nitrogens with two attached hydrogens (primary N) is 1. The second-order valence-electron chi connectivity index (χ2n) is 12.7. The first kappa shape index (κ1) is 45.6. The van der Waals surface area contributed by atoms with Crippen molar-refractivity contribution in [1.29, 1.82) is 0 Å². The van der Waals surface area contributed by atoms with Gasteiger partial charge in [0, 0.05) is 44.4 Å². The van der Waals surface area contributed by atoms with Gasteiger partial charge in [0.15, 0.2) is 17.2 Å². The lowest BCUT2D eigenvalue weighted by atomic mass is 9.87. The fourth-order valence-electron chi connectivity index (χ4n) is 4.97. The number of anilines is 1. The largest absolute Gasteiger partial charge is 0.790 e. The number of ether oxygens (including phenoxy) is 1. The van der Waals surface area contributed by atoms with Crippen molar-refractivity contribution in [3.8, 4) is 0 Å². The van der Waals surface area contributed by atoms with Crippen LogP contribution in [0.15, 0.2) is 12.7 Å². The first-order chi connectivity index (χ1) is 24.9. The number of imidazole rings is 1. The number of carbonyl (C=O) groups is 3. The molecule has 3 rings (SSSR count). The van der Waals surface area contributed by atoms with E-state index in [0.29, 0.717) is 6.42 Å². The summed E-state index contributed by atoms with van der Waals surface area (Å²) in [5, 5.41) is 35.0. The summed E-state index contributed by atoms with van der Waals surface area (Å²) in [5.41, 5.74) is 1.99. The normalized spacial score (nSPS) is 23.4. The zero-order chi connectivity index (χ0) is 40.7. The van der Waals surface area contributed by atoms with E-state index in [4.69, 9.17) is 15.6 Å². The van der Waals surface area contributed by atoms with E-state index >= 15 is 0 Å². The van der Waals surface area contributed by atoms with Crippen molar-refractivity contribution in [2.24, 2.45) is 5.41 Å². The average molecular weight is 832 g/mol. The number of phosphoric ester groups is 3. The number of hydrogen-bond donors (Lipinski definition) is 6. The van der Waals surface area contributed by atoms with E-state index in [1.54, 1.807) is 0 Å². The second kappa shape index (κ2) is 18.4. The maximum Gasteiger partial charge on any atom is 0.274 e. The number of nitrogen functional groups attached to an aromatic ring is 1. The smallest absolute Gasteiger partial charge is 0.274 e. The Morgan fingerprint density at radius 2 is 1.70 bits per heavy atom. The first-order valence-electron chi connectivity index (χ1n) is 15.9. The van der Waals surface area contributed by atoms with Crippen LogP contribution in [-0.2, 0) is 56.4 Å². The molecule has 54 heavy (non-hydrogen) atoms. The van der Waals surface area contributed by atoms with E-state index in [-0.39, 0.29) is 61.7 Å². The third-order valence-electron chi connectivity index (χ3n) is 7.88. The van der Waals surface area contributed by atoms with Crippen molar-refractivity contribution in [2.45, 2.75) is 76.6 Å². The predicted octanol–water partition coefficient (Wildman–Crippen LogP) is -4.22. The standard InChI is InChI=1S/C26H44N7O18P3/c1-25(2,21(38)24(39)29-9-7-17(36)28-8-6-15(35)5-4-10-34)12-48-54(45,46)51-53(43,44)47-11-16-19(50-52(40,41)42)20(37)26(3,49-16)33-14-32-18-22(27)30-13-31-23(18)33/h13-14,16,19-21,34,37-38H,4-12H2,1-3H3,(H,28,36)(H,29,39)(H,43,44)(H,45,46)(H2,27,30,31)(H2,40,41,42)/p-4. The van der Waals surface area contributed by atoms with Gasteiger partial charge in [-0.3, -0.25) is 28.1 Å². The molecule has 0 bridgehead atoms. The number of Topliss-reactive ketones (excluding diaryl/α,β-unsaturated/α-hetero) is 1. The molecule has 0 saturated carbocycles. The molecule has 0 aromatic carbocycles. The molecule has 7 N–H and O–H groups in total. The van der Waals surface area contributed by atoms with Crippen LogP contribution in [0.2, 0.25) is 0 Å². The lowest BCUT2D eigenvalue weighted by Crippen LogP contribution is -2.46. The summed E-state index contributed by atoms with van der Waals surface area (Å²) in [6, 6.07) is 0. The molecule has 2 amide bonds. The zero-order valence-electron chi connectivity index (χ0n) is 29.0. The van der Waals surface area contributed by atoms with Gasteiger partial charge in [-0.2, -0.15) is 0 Å². The number of hydrogen-bond acceptors (Lipinski definition) is 22. The molecule has 1 aliphatic heterocycles. The van der Waals surface area contributed by atoms with E-state index in [9.17, 15) is 57.9 Å². The van der Waals surface area contributed by atoms with Gasteiger partial charge in [0.25, 0.3) is 15.6 Å². The molecule has 1 fully saturated rings. The summed E-state index contributed by atoms with van der Waals surface area (Å²) in [6.07, 6.45) is -5.65. The number of aromatic nitrogens is 4. The summed E-state index contributed by atoms with van der Waals surface area (Å²) in [6.45, 7) is 0.869. The molecule has 7 atom stereocenters. The van der Waals surface area contributed by atoms with Crippen molar-refractivity contribution in [2.75, 3.05) is 38.6 Å². The van der Waals surface area contributed by atoms with E-state index in [1.807, 2.05) is 0 Å². The summed E-state index contributed by atoms with van der Waals surface area (Å²) in [7, 11) is -17.7. The van der Waals surface area contributed by atoms with Gasteiger partial charge >= 0.3 is 0 Å². The number of rotatable bonds is 22. The minimum Gasteiger partial charge on any atom is -0.790 e. The highest BCUT2D eigenvalue weighted by atomic mass is 31.3. The average Bonchev–Trinajstić information content (AvgIpc) is 3.61. The van der Waals surface area contributed by atoms with Gasteiger partial charge < -0.3 is 74.1 Å². The topological polar surface area (TPSA) is 395 Å². The summed E-state index contributed by atoms with van der Waals surface area (Å²) in [5.74, 6) is -1.81. The molecular weight excluding hydrogens is 791 g/mol. The van der Waals surface area contributed by atoms with E-state index < -0.39 is 84.1 Å². The number of amides is 2. The number of nitrogens with zero attached hydrogens (tertiary/aromatic N) is 4. The lowest BCUT2D eigenvalue weighted by molar-refractivity contribution is -0.347. The zero-order valence-corrected chi connectivity index (χ0v) is 31.7. The number of aliphatic hydroxyl groups excluding tert-OH is 3. The molecule has 7 unspecified atom stereocenters. The van der Waals surface area contributed by atoms with Gasteiger partial charge in [-0.15, -0.1) is 0 Å². The maximum atomic E-state index is 12.5. The number of aliphatic hydroxyl groups is 3. The van der Waals surface area contributed by atoms with Crippen LogP contribution in [0.3, 0.4) is 0 Å². The summed E-state index contributed by atoms with van der Waals surface area (Å²) in [4.78, 5) is 95.7. The highest BCUT2D eigenvalue weighted by molar-refractivity contribution is 7.59. The molecular formula is C26H40N7O18P3-4. The van der Waals surface area contributed by atoms with Crippen LogP contribution < -0.4 is 35.9 Å². The van der Waals surface area contributed by atoms with E-state index in [2.05, 4.69) is 43.5 Å². The van der Waals surface area contributed by atoms with Crippen molar-refractivity contribution in [1.82, 2.24) is 30.2 Å². The Labute approximate surface area is 307 Å². The molecule has 0 radical (unpaired) electrons. The monoisotopic (exact) mass is 831 g/mol. The van der Waals surface area contributed by atoms with Crippen molar-refractivity contribution >= 4 is 58.0 Å². The highest BCUT2D eigenvalue weighted by Crippen LogP contribution is 2.56. The van der Waals surface area contributed by atoms with Crippen molar-refractivity contribution in [3.63, 3.8) is 0 Å². The maximum absolute atomic E-state index is 12.5. The van der Waals surface area contributed by atoms with Crippen LogP contribution in [-0.4, -0.2) is 110 Å². The number of nitrogens with one attached hydrogen (secondary N) is 2. The third kappa shape index (κ3) is 12.6. The van der Waals surface area contributed by atoms with Crippen molar-refractivity contribution in [3.05, 3.63) is 12.7 Å². The fourth-order valence-corrected chi connectivity index (χ4v) is 7.70. The Balaban J connectivity index is 1.56. The number of phosphoric acid groups is 3. The van der Waals surface area contributed by atoms with Gasteiger partial charge in [-0.25, -0.2) is 19.3 Å². The first-order valence-corrected chi connectivity index (χ1v) is 20.3. The summed E-state index contributed by atoms with van der Waals surface area (Å²) >= 11 is 0.